The summed E-state index contributed by atoms with van der Waals surface area (Å²) in [5.74, 6) is 0.446. The highest BCUT2D eigenvalue weighted by atomic mass is 32.2. The number of rotatable bonds is 6. The molecule has 1 aliphatic heterocycles. The molecule has 1 aromatic carbocycles. The molecule has 1 aliphatic carbocycles. The highest BCUT2D eigenvalue weighted by Gasteiger charge is 2.23. The van der Waals surface area contributed by atoms with E-state index in [1.807, 2.05) is 6.07 Å². The Morgan fingerprint density at radius 3 is 2.69 bits per heavy atom. The van der Waals surface area contributed by atoms with Gasteiger partial charge in [0.05, 0.1) is 10.9 Å². The Labute approximate surface area is 171 Å². The summed E-state index contributed by atoms with van der Waals surface area (Å²) < 4.78 is 27.0. The molecule has 29 heavy (non-hydrogen) atoms. The number of tetrazole rings is 1. The van der Waals surface area contributed by atoms with E-state index >= 15 is 0 Å². The Kier molecular flexibility index (Phi) is 6.12. The van der Waals surface area contributed by atoms with Crippen LogP contribution in [0.4, 0.5) is 5.69 Å². The van der Waals surface area contributed by atoms with Gasteiger partial charge in [0, 0.05) is 23.8 Å². The molecule has 4 rings (SSSR count). The predicted molar refractivity (Wildman–Crippen MR) is 111 cm³/mol. The number of nitrogens with one attached hydrogen (secondary N) is 3. The molecule has 2 heterocycles. The second-order valence-corrected chi connectivity index (χ2v) is 9.71. The van der Waals surface area contributed by atoms with Gasteiger partial charge in [-0.15, -0.1) is 10.2 Å². The van der Waals surface area contributed by atoms with Gasteiger partial charge in [0.2, 0.25) is 15.8 Å². The molecule has 1 saturated heterocycles. The number of piperidine rings is 1. The fraction of sp³-hybridized carbons (Fsp3) is 0.632. The molecule has 0 bridgehead atoms. The van der Waals surface area contributed by atoms with Crippen molar-refractivity contribution < 1.29 is 8.42 Å². The van der Waals surface area contributed by atoms with E-state index in [0.29, 0.717) is 17.4 Å². The third kappa shape index (κ3) is 4.59. The zero-order valence-corrected chi connectivity index (χ0v) is 17.6. The van der Waals surface area contributed by atoms with Crippen LogP contribution in [0.5, 0.6) is 0 Å². The molecule has 158 valence electrons. The predicted octanol–water partition coefficient (Wildman–Crippen LogP) is 1.92. The zero-order valence-electron chi connectivity index (χ0n) is 16.8. The Bertz CT molecular complexity index is 932. The fourth-order valence-electron chi connectivity index (χ4n) is 4.10. The van der Waals surface area contributed by atoms with Crippen molar-refractivity contribution >= 4 is 15.7 Å². The van der Waals surface area contributed by atoms with Crippen LogP contribution in [-0.4, -0.2) is 54.8 Å². The van der Waals surface area contributed by atoms with Gasteiger partial charge in [-0.25, -0.2) is 13.1 Å². The Balaban J connectivity index is 1.68. The molecule has 1 saturated carbocycles. The molecule has 0 radical (unpaired) electrons. The molecule has 3 N–H and O–H groups in total. The summed E-state index contributed by atoms with van der Waals surface area (Å²) >= 11 is 0. The van der Waals surface area contributed by atoms with E-state index in [-0.39, 0.29) is 10.9 Å². The fourth-order valence-corrected chi connectivity index (χ4v) is 4.86. The van der Waals surface area contributed by atoms with Gasteiger partial charge in [-0.1, -0.05) is 19.3 Å². The van der Waals surface area contributed by atoms with Gasteiger partial charge in [-0.3, -0.25) is 0 Å². The first kappa shape index (κ1) is 20.2. The molecule has 0 amide bonds. The van der Waals surface area contributed by atoms with E-state index in [9.17, 15) is 8.42 Å². The summed E-state index contributed by atoms with van der Waals surface area (Å²) in [5, 5.41) is 20.1. The number of aromatic nitrogens is 4. The quantitative estimate of drug-likeness (QED) is 0.655. The normalized spacial score (nSPS) is 21.2. The first-order valence-corrected chi connectivity index (χ1v) is 11.9. The molecule has 0 spiro atoms. The lowest BCUT2D eigenvalue weighted by Gasteiger charge is -2.25. The van der Waals surface area contributed by atoms with E-state index in [4.69, 9.17) is 0 Å². The third-order valence-corrected chi connectivity index (χ3v) is 7.21. The number of hydrogen-bond acceptors (Lipinski definition) is 7. The number of anilines is 1. The first-order chi connectivity index (χ1) is 14.1. The van der Waals surface area contributed by atoms with Crippen LogP contribution < -0.4 is 15.4 Å². The number of hydrogen-bond donors (Lipinski definition) is 3. The van der Waals surface area contributed by atoms with Gasteiger partial charge in [0.15, 0.2) is 0 Å². The lowest BCUT2D eigenvalue weighted by Crippen LogP contribution is -2.32. The topological polar surface area (TPSA) is 114 Å². The van der Waals surface area contributed by atoms with Crippen molar-refractivity contribution in [1.82, 2.24) is 30.2 Å². The second-order valence-electron chi connectivity index (χ2n) is 7.83. The van der Waals surface area contributed by atoms with Crippen molar-refractivity contribution in [2.45, 2.75) is 61.9 Å². The van der Waals surface area contributed by atoms with Crippen LogP contribution in [0.1, 0.15) is 51.0 Å². The van der Waals surface area contributed by atoms with E-state index < -0.39 is 10.0 Å². The van der Waals surface area contributed by atoms with Gasteiger partial charge in [-0.2, -0.15) is 4.80 Å². The van der Waals surface area contributed by atoms with Crippen LogP contribution in [0.2, 0.25) is 0 Å². The number of nitrogens with zero attached hydrogens (tertiary/aromatic N) is 4. The van der Waals surface area contributed by atoms with Crippen molar-refractivity contribution in [3.05, 3.63) is 18.2 Å². The monoisotopic (exact) mass is 419 g/mol. The summed E-state index contributed by atoms with van der Waals surface area (Å²) in [4.78, 5) is 1.85. The van der Waals surface area contributed by atoms with Gasteiger partial charge in [0.25, 0.3) is 0 Å². The highest BCUT2D eigenvalue weighted by molar-refractivity contribution is 7.89. The minimum absolute atomic E-state index is 0.170. The lowest BCUT2D eigenvalue weighted by atomic mass is 9.95. The van der Waals surface area contributed by atoms with Crippen LogP contribution in [0.15, 0.2) is 23.1 Å². The summed E-state index contributed by atoms with van der Waals surface area (Å²) in [6, 6.07) is 5.63. The molecule has 2 fully saturated rings. The molecular formula is C19H29N7O2S. The molecule has 2 aliphatic rings. The Hall–Kier alpha value is -2.04. The SMILES string of the molecule is CNS(=O)(=O)c1ccc(NC2CCCCC2)c(-c2nnn(C3CCCNC3)n2)c1. The van der Waals surface area contributed by atoms with Crippen LogP contribution >= 0.6 is 0 Å². The summed E-state index contributed by atoms with van der Waals surface area (Å²) in [5.41, 5.74) is 1.52. The van der Waals surface area contributed by atoms with Gasteiger partial charge < -0.3 is 10.6 Å². The maximum atomic E-state index is 12.3. The van der Waals surface area contributed by atoms with Crippen molar-refractivity contribution in [2.24, 2.45) is 0 Å². The minimum atomic E-state index is -3.56. The number of sulfonamides is 1. The van der Waals surface area contributed by atoms with Crippen molar-refractivity contribution in [3.8, 4) is 11.4 Å². The highest BCUT2D eigenvalue weighted by Crippen LogP contribution is 2.31. The van der Waals surface area contributed by atoms with Crippen LogP contribution in [0, 0.1) is 0 Å². The minimum Gasteiger partial charge on any atom is -0.382 e. The Morgan fingerprint density at radius 2 is 1.97 bits per heavy atom. The van der Waals surface area contributed by atoms with Crippen LogP contribution in [0.3, 0.4) is 0 Å². The molecule has 1 unspecified atom stereocenters. The van der Waals surface area contributed by atoms with E-state index in [2.05, 4.69) is 30.8 Å². The molecule has 1 atom stereocenters. The summed E-state index contributed by atoms with van der Waals surface area (Å²) in [6.07, 6.45) is 8.00. The largest absolute Gasteiger partial charge is 0.382 e. The first-order valence-electron chi connectivity index (χ1n) is 10.4. The smallest absolute Gasteiger partial charge is 0.240 e. The van der Waals surface area contributed by atoms with Crippen LogP contribution in [0.25, 0.3) is 11.4 Å². The van der Waals surface area contributed by atoms with Crippen molar-refractivity contribution in [1.29, 1.82) is 0 Å². The Morgan fingerprint density at radius 1 is 1.14 bits per heavy atom. The third-order valence-electron chi connectivity index (χ3n) is 5.80. The van der Waals surface area contributed by atoms with Crippen LogP contribution in [-0.2, 0) is 10.0 Å². The summed E-state index contributed by atoms with van der Waals surface area (Å²) in [7, 11) is -2.15. The lowest BCUT2D eigenvalue weighted by molar-refractivity contribution is 0.313. The molecule has 10 heteroatoms. The van der Waals surface area contributed by atoms with Crippen molar-refractivity contribution in [2.75, 3.05) is 25.5 Å². The van der Waals surface area contributed by atoms with Gasteiger partial charge in [-0.05, 0) is 62.7 Å². The van der Waals surface area contributed by atoms with Gasteiger partial charge >= 0.3 is 0 Å². The van der Waals surface area contributed by atoms with Crippen molar-refractivity contribution in [3.63, 3.8) is 0 Å². The maximum Gasteiger partial charge on any atom is 0.240 e. The second kappa shape index (κ2) is 8.76. The van der Waals surface area contributed by atoms with Gasteiger partial charge in [0.1, 0.15) is 0 Å². The average molecular weight is 420 g/mol. The molecular weight excluding hydrogens is 390 g/mol. The van der Waals surface area contributed by atoms with E-state index in [0.717, 1.165) is 44.5 Å². The maximum absolute atomic E-state index is 12.3. The molecule has 2 aromatic rings. The molecule has 9 nitrogen and oxygen atoms in total. The zero-order chi connectivity index (χ0) is 20.3. The standard InChI is InChI=1S/C19H29N7O2S/c1-20-29(27,28)16-9-10-18(22-14-6-3-2-4-7-14)17(12-16)19-23-25-26(24-19)15-8-5-11-21-13-15/h9-10,12,14-15,20-22H,2-8,11,13H2,1H3. The average Bonchev–Trinajstić information content (AvgIpc) is 3.25. The van der Waals surface area contributed by atoms with E-state index in [1.54, 1.807) is 16.9 Å². The van der Waals surface area contributed by atoms with E-state index in [1.165, 1.54) is 26.3 Å². The summed E-state index contributed by atoms with van der Waals surface area (Å²) in [6.45, 7) is 1.83. The molecule has 1 aromatic heterocycles. The number of benzene rings is 1.